The molecule has 0 saturated carbocycles. The van der Waals surface area contributed by atoms with Crippen molar-refractivity contribution in [3.05, 3.63) is 35.6 Å². The van der Waals surface area contributed by atoms with Crippen molar-refractivity contribution in [1.29, 1.82) is 0 Å². The second-order valence-electron chi connectivity index (χ2n) is 4.60. The van der Waals surface area contributed by atoms with Gasteiger partial charge in [0.25, 0.3) is 0 Å². The summed E-state index contributed by atoms with van der Waals surface area (Å²) in [7, 11) is 1.50. The lowest BCUT2D eigenvalue weighted by Crippen LogP contribution is -2.47. The monoisotopic (exact) mass is 267 g/mol. The molecule has 0 aromatic heterocycles. The zero-order valence-electron chi connectivity index (χ0n) is 11.0. The molecule has 0 N–H and O–H groups in total. The lowest BCUT2D eigenvalue weighted by atomic mass is 10.1. The van der Waals surface area contributed by atoms with Gasteiger partial charge in [-0.25, -0.2) is 4.39 Å². The van der Waals surface area contributed by atoms with Crippen LogP contribution in [0.1, 0.15) is 5.56 Å². The molecule has 0 radical (unpaired) electrons. The number of carbonyl (C=O) groups excluding carboxylic acids is 1. The average molecular weight is 267 g/mol. The molecule has 4 nitrogen and oxygen atoms in total. The molecule has 1 aromatic rings. The van der Waals surface area contributed by atoms with Crippen molar-refractivity contribution in [2.75, 3.05) is 33.4 Å². The lowest BCUT2D eigenvalue weighted by molar-refractivity contribution is -0.142. The number of ether oxygens (including phenoxy) is 2. The summed E-state index contributed by atoms with van der Waals surface area (Å²) >= 11 is 0. The zero-order valence-corrected chi connectivity index (χ0v) is 11.0. The van der Waals surface area contributed by atoms with E-state index in [0.29, 0.717) is 26.1 Å². The molecule has 1 atom stereocenters. The summed E-state index contributed by atoms with van der Waals surface area (Å²) in [6, 6.07) is 6.46. The number of nitrogens with zero attached hydrogens (tertiary/aromatic N) is 1. The smallest absolute Gasteiger partial charge is 0.248 e. The minimum atomic E-state index is -0.249. The molecular formula is C14H18FNO3. The first kappa shape index (κ1) is 14.0. The van der Waals surface area contributed by atoms with Gasteiger partial charge in [0.05, 0.1) is 12.7 Å². The number of benzene rings is 1. The van der Waals surface area contributed by atoms with E-state index in [2.05, 4.69) is 0 Å². The second-order valence-corrected chi connectivity index (χ2v) is 4.60. The highest BCUT2D eigenvalue weighted by Gasteiger charge is 2.24. The van der Waals surface area contributed by atoms with Crippen LogP contribution in [0.3, 0.4) is 0 Å². The van der Waals surface area contributed by atoms with Crippen LogP contribution < -0.4 is 0 Å². The molecule has 1 amide bonds. The standard InChI is InChI=1S/C14H18FNO3/c1-18-10-14(17)16-5-6-19-13(9-16)8-11-3-2-4-12(15)7-11/h2-4,7,13H,5-6,8-10H2,1H3. The molecule has 1 unspecified atom stereocenters. The molecule has 104 valence electrons. The normalized spacial score (nSPS) is 19.5. The van der Waals surface area contributed by atoms with Gasteiger partial charge < -0.3 is 14.4 Å². The summed E-state index contributed by atoms with van der Waals surface area (Å²) in [5.74, 6) is -0.282. The van der Waals surface area contributed by atoms with E-state index in [1.807, 2.05) is 6.07 Å². The van der Waals surface area contributed by atoms with Gasteiger partial charge in [-0.15, -0.1) is 0 Å². The van der Waals surface area contributed by atoms with Gasteiger partial charge in [-0.1, -0.05) is 12.1 Å². The number of carbonyl (C=O) groups is 1. The van der Waals surface area contributed by atoms with Crippen LogP contribution in [0.4, 0.5) is 4.39 Å². The molecule has 0 bridgehead atoms. The lowest BCUT2D eigenvalue weighted by Gasteiger charge is -2.33. The molecule has 1 aliphatic heterocycles. The van der Waals surface area contributed by atoms with Gasteiger partial charge in [0.2, 0.25) is 5.91 Å². The Labute approximate surface area is 112 Å². The Balaban J connectivity index is 1.92. The Morgan fingerprint density at radius 2 is 2.42 bits per heavy atom. The molecule has 1 heterocycles. The predicted octanol–water partition coefficient (Wildman–Crippen LogP) is 1.24. The van der Waals surface area contributed by atoms with Crippen molar-refractivity contribution in [1.82, 2.24) is 4.90 Å². The molecule has 2 rings (SSSR count). The number of hydrogen-bond acceptors (Lipinski definition) is 3. The van der Waals surface area contributed by atoms with Gasteiger partial charge >= 0.3 is 0 Å². The van der Waals surface area contributed by atoms with Crippen LogP contribution in [0, 0.1) is 5.82 Å². The summed E-state index contributed by atoms with van der Waals surface area (Å²) in [5, 5.41) is 0. The van der Waals surface area contributed by atoms with E-state index in [-0.39, 0.29) is 24.4 Å². The minimum absolute atomic E-state index is 0.0324. The van der Waals surface area contributed by atoms with Crippen LogP contribution in [-0.4, -0.2) is 50.3 Å². The van der Waals surface area contributed by atoms with Crippen LogP contribution in [0.2, 0.25) is 0 Å². The maximum absolute atomic E-state index is 13.1. The number of amides is 1. The van der Waals surface area contributed by atoms with Gasteiger partial charge in [-0.2, -0.15) is 0 Å². The van der Waals surface area contributed by atoms with Gasteiger partial charge in [-0.3, -0.25) is 4.79 Å². The van der Waals surface area contributed by atoms with E-state index in [1.165, 1.54) is 19.2 Å². The van der Waals surface area contributed by atoms with Crippen molar-refractivity contribution in [3.63, 3.8) is 0 Å². The summed E-state index contributed by atoms with van der Waals surface area (Å²) in [5.41, 5.74) is 0.881. The van der Waals surface area contributed by atoms with Crippen molar-refractivity contribution in [2.24, 2.45) is 0 Å². The maximum Gasteiger partial charge on any atom is 0.248 e. The molecule has 0 spiro atoms. The third-order valence-corrected chi connectivity index (χ3v) is 3.11. The van der Waals surface area contributed by atoms with E-state index in [9.17, 15) is 9.18 Å². The number of methoxy groups -OCH3 is 1. The summed E-state index contributed by atoms with van der Waals surface area (Å²) in [6.07, 6.45) is 0.519. The molecule has 1 aliphatic rings. The van der Waals surface area contributed by atoms with E-state index in [0.717, 1.165) is 5.56 Å². The van der Waals surface area contributed by atoms with Gasteiger partial charge in [0.15, 0.2) is 0 Å². The first-order chi connectivity index (χ1) is 9.19. The van der Waals surface area contributed by atoms with Crippen LogP contribution in [0.5, 0.6) is 0 Å². The highest BCUT2D eigenvalue weighted by molar-refractivity contribution is 5.77. The zero-order chi connectivity index (χ0) is 13.7. The number of rotatable bonds is 4. The van der Waals surface area contributed by atoms with Crippen molar-refractivity contribution in [3.8, 4) is 0 Å². The van der Waals surface area contributed by atoms with Crippen LogP contribution >= 0.6 is 0 Å². The number of morpholine rings is 1. The molecule has 19 heavy (non-hydrogen) atoms. The number of hydrogen-bond donors (Lipinski definition) is 0. The van der Waals surface area contributed by atoms with Crippen LogP contribution in [0.15, 0.2) is 24.3 Å². The largest absolute Gasteiger partial charge is 0.375 e. The topological polar surface area (TPSA) is 38.8 Å². The van der Waals surface area contributed by atoms with Gasteiger partial charge in [0, 0.05) is 26.6 Å². The first-order valence-corrected chi connectivity index (χ1v) is 6.32. The quantitative estimate of drug-likeness (QED) is 0.824. The third-order valence-electron chi connectivity index (χ3n) is 3.11. The Bertz CT molecular complexity index is 438. The van der Waals surface area contributed by atoms with Gasteiger partial charge in [-0.05, 0) is 17.7 Å². The van der Waals surface area contributed by atoms with Crippen molar-refractivity contribution < 1.29 is 18.7 Å². The Morgan fingerprint density at radius 1 is 1.58 bits per heavy atom. The number of halogens is 1. The Hall–Kier alpha value is -1.46. The summed E-state index contributed by atoms with van der Waals surface area (Å²) in [4.78, 5) is 13.5. The fourth-order valence-corrected chi connectivity index (χ4v) is 2.21. The van der Waals surface area contributed by atoms with Gasteiger partial charge in [0.1, 0.15) is 12.4 Å². The van der Waals surface area contributed by atoms with E-state index in [4.69, 9.17) is 9.47 Å². The highest BCUT2D eigenvalue weighted by Crippen LogP contribution is 2.13. The molecule has 1 fully saturated rings. The maximum atomic E-state index is 13.1. The third kappa shape index (κ3) is 4.01. The molecule has 1 aromatic carbocycles. The molecule has 5 heteroatoms. The second kappa shape index (κ2) is 6.63. The van der Waals surface area contributed by atoms with E-state index < -0.39 is 0 Å². The SMILES string of the molecule is COCC(=O)N1CCOC(Cc2cccc(F)c2)C1. The fraction of sp³-hybridized carbons (Fsp3) is 0.500. The van der Waals surface area contributed by atoms with Crippen molar-refractivity contribution in [2.45, 2.75) is 12.5 Å². The first-order valence-electron chi connectivity index (χ1n) is 6.32. The highest BCUT2D eigenvalue weighted by atomic mass is 19.1. The molecule has 0 aliphatic carbocycles. The average Bonchev–Trinajstić information content (AvgIpc) is 2.39. The Morgan fingerprint density at radius 3 is 3.16 bits per heavy atom. The summed E-state index contributed by atoms with van der Waals surface area (Å²) < 4.78 is 23.6. The molecule has 1 saturated heterocycles. The Kier molecular flexibility index (Phi) is 4.87. The predicted molar refractivity (Wildman–Crippen MR) is 68.3 cm³/mol. The van der Waals surface area contributed by atoms with E-state index in [1.54, 1.807) is 11.0 Å². The van der Waals surface area contributed by atoms with E-state index >= 15 is 0 Å². The van der Waals surface area contributed by atoms with Crippen molar-refractivity contribution >= 4 is 5.91 Å². The summed E-state index contributed by atoms with van der Waals surface area (Å²) in [6.45, 7) is 1.71. The van der Waals surface area contributed by atoms with Crippen LogP contribution in [-0.2, 0) is 20.7 Å². The minimum Gasteiger partial charge on any atom is -0.375 e. The molecular weight excluding hydrogens is 249 g/mol. The van der Waals surface area contributed by atoms with Crippen LogP contribution in [0.25, 0.3) is 0 Å². The fourth-order valence-electron chi connectivity index (χ4n) is 2.21.